The summed E-state index contributed by atoms with van der Waals surface area (Å²) in [7, 11) is -3.80. The second kappa shape index (κ2) is 8.20. The topological polar surface area (TPSA) is 103 Å². The first-order valence-corrected chi connectivity index (χ1v) is 12.2. The number of nitrogens with one attached hydrogen (secondary N) is 1. The van der Waals surface area contributed by atoms with Gasteiger partial charge in [-0.05, 0) is 37.5 Å². The van der Waals surface area contributed by atoms with E-state index >= 15 is 0 Å². The first-order valence-electron chi connectivity index (χ1n) is 10.4. The van der Waals surface area contributed by atoms with E-state index in [1.807, 2.05) is 12.1 Å². The van der Waals surface area contributed by atoms with E-state index in [1.54, 1.807) is 54.9 Å². The minimum atomic E-state index is -3.80. The summed E-state index contributed by atoms with van der Waals surface area (Å²) in [5.41, 5.74) is 7.67. The summed E-state index contributed by atoms with van der Waals surface area (Å²) in [4.78, 5) is 9.17. The van der Waals surface area contributed by atoms with E-state index in [1.165, 1.54) is 3.97 Å². The van der Waals surface area contributed by atoms with Crippen LogP contribution >= 0.6 is 11.6 Å². The average molecular weight is 468 g/mol. The Hall–Kier alpha value is -2.94. The highest BCUT2D eigenvalue weighted by molar-refractivity contribution is 7.90. The molecular weight excluding hydrogens is 446 g/mol. The molecule has 1 saturated carbocycles. The van der Waals surface area contributed by atoms with Crippen LogP contribution in [-0.4, -0.2) is 34.4 Å². The van der Waals surface area contributed by atoms with Crippen LogP contribution in [0.5, 0.6) is 0 Å². The fourth-order valence-corrected chi connectivity index (χ4v) is 5.78. The van der Waals surface area contributed by atoms with Crippen LogP contribution in [0.25, 0.3) is 22.2 Å². The number of hydrogen-bond donors (Lipinski definition) is 2. The van der Waals surface area contributed by atoms with E-state index in [-0.39, 0.29) is 17.0 Å². The van der Waals surface area contributed by atoms with Gasteiger partial charge in [-0.1, -0.05) is 48.0 Å². The number of nitrogens with zero attached hydrogens (tertiary/aromatic N) is 3. The number of halogens is 1. The molecule has 2 atom stereocenters. The normalized spacial score (nSPS) is 18.8. The van der Waals surface area contributed by atoms with Gasteiger partial charge in [0.05, 0.1) is 27.3 Å². The Morgan fingerprint density at radius 3 is 2.56 bits per heavy atom. The fourth-order valence-electron chi connectivity index (χ4n) is 4.20. The molecule has 0 spiro atoms. The lowest BCUT2D eigenvalue weighted by Crippen LogP contribution is -2.21. The molecule has 5 rings (SSSR count). The fraction of sp³-hybridized carbons (Fsp3) is 0.217. The largest absolute Gasteiger partial charge is 0.351 e. The lowest BCUT2D eigenvalue weighted by molar-refractivity contribution is 0.589. The molecule has 32 heavy (non-hydrogen) atoms. The van der Waals surface area contributed by atoms with Crippen LogP contribution in [0.4, 0.5) is 5.95 Å². The van der Waals surface area contributed by atoms with Crippen LogP contribution in [0.3, 0.4) is 0 Å². The molecule has 2 heterocycles. The van der Waals surface area contributed by atoms with Crippen molar-refractivity contribution in [1.29, 1.82) is 0 Å². The van der Waals surface area contributed by atoms with E-state index in [0.717, 1.165) is 24.6 Å². The molecule has 164 valence electrons. The maximum atomic E-state index is 13.4. The van der Waals surface area contributed by atoms with Gasteiger partial charge in [0.25, 0.3) is 10.0 Å². The summed E-state index contributed by atoms with van der Waals surface area (Å²) >= 11 is 6.48. The van der Waals surface area contributed by atoms with Gasteiger partial charge in [0.15, 0.2) is 0 Å². The van der Waals surface area contributed by atoms with Gasteiger partial charge in [0.1, 0.15) is 0 Å². The number of rotatable bonds is 5. The van der Waals surface area contributed by atoms with Crippen LogP contribution in [0.1, 0.15) is 19.3 Å². The minimum Gasteiger partial charge on any atom is -0.351 e. The minimum absolute atomic E-state index is 0.181. The van der Waals surface area contributed by atoms with Crippen LogP contribution in [-0.2, 0) is 10.0 Å². The predicted octanol–water partition coefficient (Wildman–Crippen LogP) is 4.28. The summed E-state index contributed by atoms with van der Waals surface area (Å²) < 4.78 is 28.0. The lowest BCUT2D eigenvalue weighted by Gasteiger charge is -2.13. The zero-order chi connectivity index (χ0) is 22.3. The second-order valence-corrected chi connectivity index (χ2v) is 10.2. The number of hydrogen-bond acceptors (Lipinski definition) is 6. The Morgan fingerprint density at radius 1 is 1.06 bits per heavy atom. The smallest absolute Gasteiger partial charge is 0.268 e. The van der Waals surface area contributed by atoms with Crippen molar-refractivity contribution in [2.24, 2.45) is 5.73 Å². The number of fused-ring (bicyclic) bond motifs is 1. The maximum Gasteiger partial charge on any atom is 0.268 e. The van der Waals surface area contributed by atoms with Crippen LogP contribution < -0.4 is 11.1 Å². The van der Waals surface area contributed by atoms with Crippen molar-refractivity contribution in [3.63, 3.8) is 0 Å². The van der Waals surface area contributed by atoms with Gasteiger partial charge in [-0.2, -0.15) is 0 Å². The third-order valence-electron chi connectivity index (χ3n) is 5.78. The highest BCUT2D eigenvalue weighted by Gasteiger charge is 2.25. The molecule has 0 bridgehead atoms. The average Bonchev–Trinajstić information content (AvgIpc) is 3.39. The first-order chi connectivity index (χ1) is 15.4. The van der Waals surface area contributed by atoms with E-state index < -0.39 is 10.0 Å². The second-order valence-electron chi connectivity index (χ2n) is 7.98. The maximum absolute atomic E-state index is 13.4. The Kier molecular flexibility index (Phi) is 5.36. The number of nitrogens with two attached hydrogens (primary N) is 1. The van der Waals surface area contributed by atoms with E-state index in [2.05, 4.69) is 15.3 Å². The van der Waals surface area contributed by atoms with E-state index in [0.29, 0.717) is 27.7 Å². The van der Waals surface area contributed by atoms with Crippen LogP contribution in [0.15, 0.2) is 71.9 Å². The SMILES string of the molecule is N[C@@H]1CCC(Nc2ncc(Cl)c(-c3cn(S(=O)(=O)c4ccccc4)c4ccccc34)n2)C1. The van der Waals surface area contributed by atoms with Crippen molar-refractivity contribution in [3.05, 3.63) is 72.0 Å². The molecule has 1 aliphatic carbocycles. The monoisotopic (exact) mass is 467 g/mol. The molecule has 1 aliphatic rings. The molecule has 2 aromatic carbocycles. The van der Waals surface area contributed by atoms with Crippen LogP contribution in [0.2, 0.25) is 5.02 Å². The molecule has 1 fully saturated rings. The lowest BCUT2D eigenvalue weighted by atomic mass is 10.1. The molecule has 1 unspecified atom stereocenters. The molecule has 9 heteroatoms. The molecule has 0 saturated heterocycles. The molecule has 3 N–H and O–H groups in total. The summed E-state index contributed by atoms with van der Waals surface area (Å²) in [6, 6.07) is 16.0. The van der Waals surface area contributed by atoms with Crippen molar-refractivity contribution in [2.45, 2.75) is 36.2 Å². The van der Waals surface area contributed by atoms with Crippen molar-refractivity contribution >= 4 is 38.5 Å². The molecule has 4 aromatic rings. The van der Waals surface area contributed by atoms with Gasteiger partial charge in [-0.25, -0.2) is 22.4 Å². The van der Waals surface area contributed by atoms with Crippen LogP contribution in [0, 0.1) is 0 Å². The van der Waals surface area contributed by atoms with Gasteiger partial charge in [0, 0.05) is 29.2 Å². The molecular formula is C23H22ClN5O2S. The number of anilines is 1. The van der Waals surface area contributed by atoms with Crippen molar-refractivity contribution in [3.8, 4) is 11.3 Å². The van der Waals surface area contributed by atoms with Crippen molar-refractivity contribution in [1.82, 2.24) is 13.9 Å². The first kappa shape index (κ1) is 20.9. The van der Waals surface area contributed by atoms with Gasteiger partial charge in [-0.3, -0.25) is 0 Å². The summed E-state index contributed by atoms with van der Waals surface area (Å²) in [5, 5.41) is 4.42. The Bertz CT molecular complexity index is 1390. The van der Waals surface area contributed by atoms with Crippen molar-refractivity contribution in [2.75, 3.05) is 5.32 Å². The number of para-hydroxylation sites is 1. The van der Waals surface area contributed by atoms with Gasteiger partial charge in [0.2, 0.25) is 5.95 Å². The summed E-state index contributed by atoms with van der Waals surface area (Å²) in [5.74, 6) is 0.450. The molecule has 2 aromatic heterocycles. The molecule has 0 amide bonds. The third-order valence-corrected chi connectivity index (χ3v) is 7.75. The molecule has 7 nitrogen and oxygen atoms in total. The predicted molar refractivity (Wildman–Crippen MR) is 126 cm³/mol. The zero-order valence-electron chi connectivity index (χ0n) is 17.1. The highest BCUT2D eigenvalue weighted by Crippen LogP contribution is 2.36. The van der Waals surface area contributed by atoms with E-state index in [4.69, 9.17) is 17.3 Å². The molecule has 0 aliphatic heterocycles. The van der Waals surface area contributed by atoms with Crippen molar-refractivity contribution < 1.29 is 8.42 Å². The Morgan fingerprint density at radius 2 is 1.81 bits per heavy atom. The quantitative estimate of drug-likeness (QED) is 0.454. The van der Waals surface area contributed by atoms with Gasteiger partial charge in [-0.15, -0.1) is 0 Å². The standard InChI is InChI=1S/C23H22ClN5O2S/c24-20-13-26-23(27-16-11-10-15(25)12-16)28-22(20)19-14-29(21-9-5-4-8-18(19)21)32(30,31)17-6-2-1-3-7-17/h1-9,13-16H,10-12,25H2,(H,26,27,28)/t15-,16?/m1/s1. The number of benzene rings is 2. The molecule has 0 radical (unpaired) electrons. The zero-order valence-corrected chi connectivity index (χ0v) is 18.7. The number of aromatic nitrogens is 3. The van der Waals surface area contributed by atoms with E-state index in [9.17, 15) is 8.42 Å². The Balaban J connectivity index is 1.62. The highest BCUT2D eigenvalue weighted by atomic mass is 35.5. The summed E-state index contributed by atoms with van der Waals surface area (Å²) in [6.07, 6.45) is 5.89. The van der Waals surface area contributed by atoms with Gasteiger partial charge >= 0.3 is 0 Å². The summed E-state index contributed by atoms with van der Waals surface area (Å²) in [6.45, 7) is 0. The van der Waals surface area contributed by atoms with Gasteiger partial charge < -0.3 is 11.1 Å². The Labute approximate surface area is 191 Å². The third kappa shape index (κ3) is 3.74.